The molecule has 24 heavy (non-hydrogen) atoms. The van der Waals surface area contributed by atoms with Gasteiger partial charge in [-0.2, -0.15) is 5.26 Å². The van der Waals surface area contributed by atoms with Gasteiger partial charge in [0.05, 0.1) is 18.4 Å². The predicted octanol–water partition coefficient (Wildman–Crippen LogP) is 2.01. The van der Waals surface area contributed by atoms with Crippen LogP contribution >= 0.6 is 0 Å². The third kappa shape index (κ3) is 3.56. The van der Waals surface area contributed by atoms with E-state index in [4.69, 9.17) is 10.00 Å². The van der Waals surface area contributed by atoms with E-state index < -0.39 is 11.7 Å². The molecule has 2 aromatic rings. The monoisotopic (exact) mass is 326 g/mol. The number of anilines is 1. The summed E-state index contributed by atoms with van der Waals surface area (Å²) in [4.78, 5) is 16.0. The Labute approximate surface area is 138 Å². The summed E-state index contributed by atoms with van der Waals surface area (Å²) in [5, 5.41) is 14.5. The van der Waals surface area contributed by atoms with E-state index in [9.17, 15) is 9.18 Å². The highest BCUT2D eigenvalue weighted by atomic mass is 19.1. The first-order valence-corrected chi connectivity index (χ1v) is 7.47. The second-order valence-corrected chi connectivity index (χ2v) is 5.28. The van der Waals surface area contributed by atoms with Crippen LogP contribution in [0.25, 0.3) is 0 Å². The molecule has 1 aromatic carbocycles. The van der Waals surface area contributed by atoms with E-state index in [0.717, 1.165) is 6.54 Å². The molecule has 1 fully saturated rings. The van der Waals surface area contributed by atoms with Crippen LogP contribution in [-0.4, -0.2) is 30.6 Å². The third-order valence-corrected chi connectivity index (χ3v) is 3.64. The summed E-state index contributed by atoms with van der Waals surface area (Å²) >= 11 is 0. The molecule has 7 heteroatoms. The van der Waals surface area contributed by atoms with Gasteiger partial charge in [0.1, 0.15) is 23.3 Å². The summed E-state index contributed by atoms with van der Waals surface area (Å²) in [6.45, 7) is 1.98. The minimum absolute atomic E-state index is 0.0525. The molecule has 1 amide bonds. The van der Waals surface area contributed by atoms with Crippen LogP contribution in [-0.2, 0) is 4.74 Å². The summed E-state index contributed by atoms with van der Waals surface area (Å²) in [5.41, 5.74) is 0.941. The van der Waals surface area contributed by atoms with Gasteiger partial charge in [0.15, 0.2) is 0 Å². The second-order valence-electron chi connectivity index (χ2n) is 5.28. The Kier molecular flexibility index (Phi) is 4.79. The van der Waals surface area contributed by atoms with Crippen LogP contribution in [0.2, 0.25) is 0 Å². The van der Waals surface area contributed by atoms with E-state index in [0.29, 0.717) is 18.7 Å². The van der Waals surface area contributed by atoms with E-state index in [1.807, 2.05) is 6.07 Å². The van der Waals surface area contributed by atoms with Crippen molar-refractivity contribution in [2.45, 2.75) is 6.10 Å². The van der Waals surface area contributed by atoms with E-state index in [1.165, 1.54) is 24.3 Å². The van der Waals surface area contributed by atoms with Gasteiger partial charge in [-0.1, -0.05) is 12.1 Å². The number of amides is 1. The summed E-state index contributed by atoms with van der Waals surface area (Å²) in [5.74, 6) is -1.12. The zero-order chi connectivity index (χ0) is 16.9. The van der Waals surface area contributed by atoms with Crippen molar-refractivity contribution in [3.63, 3.8) is 0 Å². The Hall–Kier alpha value is -2.82. The number of pyridine rings is 1. The number of hydrogen-bond acceptors (Lipinski definition) is 5. The Morgan fingerprint density at radius 1 is 1.42 bits per heavy atom. The van der Waals surface area contributed by atoms with Crippen LogP contribution in [0.15, 0.2) is 36.4 Å². The molecule has 0 aliphatic carbocycles. The van der Waals surface area contributed by atoms with Gasteiger partial charge in [-0.15, -0.1) is 0 Å². The van der Waals surface area contributed by atoms with E-state index >= 15 is 0 Å². The molecule has 0 radical (unpaired) electrons. The highest BCUT2D eigenvalue weighted by Crippen LogP contribution is 2.23. The van der Waals surface area contributed by atoms with Crippen molar-refractivity contribution < 1.29 is 13.9 Å². The van der Waals surface area contributed by atoms with Gasteiger partial charge in [-0.05, 0) is 29.8 Å². The average molecular weight is 326 g/mol. The molecule has 1 saturated heterocycles. The molecule has 1 atom stereocenters. The summed E-state index contributed by atoms with van der Waals surface area (Å²) < 4.78 is 19.8. The first-order chi connectivity index (χ1) is 11.7. The lowest BCUT2D eigenvalue weighted by Gasteiger charge is -2.24. The van der Waals surface area contributed by atoms with Crippen LogP contribution in [0.5, 0.6) is 0 Å². The van der Waals surface area contributed by atoms with Crippen molar-refractivity contribution in [1.82, 2.24) is 10.3 Å². The number of nitrogens with zero attached hydrogens (tertiary/aromatic N) is 2. The fourth-order valence-electron chi connectivity index (χ4n) is 2.42. The molecule has 2 N–H and O–H groups in total. The van der Waals surface area contributed by atoms with Gasteiger partial charge in [0.25, 0.3) is 5.91 Å². The third-order valence-electron chi connectivity index (χ3n) is 3.64. The first kappa shape index (κ1) is 16.1. The number of hydrogen-bond donors (Lipinski definition) is 2. The molecule has 6 nitrogen and oxygen atoms in total. The Morgan fingerprint density at radius 3 is 3.00 bits per heavy atom. The van der Waals surface area contributed by atoms with Crippen LogP contribution < -0.4 is 10.6 Å². The summed E-state index contributed by atoms with van der Waals surface area (Å²) in [6, 6.07) is 10.9. The van der Waals surface area contributed by atoms with Crippen LogP contribution in [0.4, 0.5) is 10.1 Å². The van der Waals surface area contributed by atoms with Crippen LogP contribution in [0.1, 0.15) is 27.8 Å². The van der Waals surface area contributed by atoms with Crippen molar-refractivity contribution in [2.75, 3.05) is 25.0 Å². The number of benzene rings is 1. The zero-order valence-corrected chi connectivity index (χ0v) is 12.8. The van der Waals surface area contributed by atoms with Gasteiger partial charge in [0.2, 0.25) is 0 Å². The van der Waals surface area contributed by atoms with Crippen LogP contribution in [0, 0.1) is 17.1 Å². The standard InChI is InChI=1S/C17H15FN4O2/c18-13-8-11(16-10-20-6-7-24-16)4-5-14(13)22-17(23)15-3-1-2-12(9-19)21-15/h1-5,8,16,20H,6-7,10H2,(H,22,23)/t16-/m1/s1. The second kappa shape index (κ2) is 7.17. The van der Waals surface area contributed by atoms with Crippen molar-refractivity contribution in [1.29, 1.82) is 5.26 Å². The van der Waals surface area contributed by atoms with Crippen molar-refractivity contribution in [3.05, 3.63) is 59.2 Å². The van der Waals surface area contributed by atoms with E-state index in [2.05, 4.69) is 15.6 Å². The minimum atomic E-state index is -0.575. The number of rotatable bonds is 3. The molecule has 1 aromatic heterocycles. The van der Waals surface area contributed by atoms with Gasteiger partial charge in [0, 0.05) is 13.1 Å². The number of nitriles is 1. The van der Waals surface area contributed by atoms with E-state index in [1.54, 1.807) is 12.1 Å². The molecule has 122 valence electrons. The normalized spacial score (nSPS) is 17.1. The number of carbonyl (C=O) groups excluding carboxylic acids is 1. The molecule has 1 aliphatic rings. The van der Waals surface area contributed by atoms with Gasteiger partial charge in [-0.3, -0.25) is 4.79 Å². The maximum absolute atomic E-state index is 14.3. The molecular formula is C17H15FN4O2. The van der Waals surface area contributed by atoms with Crippen LogP contribution in [0.3, 0.4) is 0 Å². The SMILES string of the molecule is N#Cc1cccc(C(=O)Nc2ccc([C@H]3CNCCO3)cc2F)n1. The number of ether oxygens (including phenoxy) is 1. The highest BCUT2D eigenvalue weighted by Gasteiger charge is 2.18. The summed E-state index contributed by atoms with van der Waals surface area (Å²) in [7, 11) is 0. The maximum Gasteiger partial charge on any atom is 0.274 e. The predicted molar refractivity (Wildman–Crippen MR) is 84.9 cm³/mol. The molecule has 0 spiro atoms. The number of carbonyl (C=O) groups is 1. The fourth-order valence-corrected chi connectivity index (χ4v) is 2.42. The number of nitrogens with one attached hydrogen (secondary N) is 2. The minimum Gasteiger partial charge on any atom is -0.371 e. The summed E-state index contributed by atoms with van der Waals surface area (Å²) in [6.07, 6.45) is -0.202. The van der Waals surface area contributed by atoms with E-state index in [-0.39, 0.29) is 23.2 Å². The maximum atomic E-state index is 14.3. The lowest BCUT2D eigenvalue weighted by atomic mass is 10.1. The van der Waals surface area contributed by atoms with Gasteiger partial charge in [-0.25, -0.2) is 9.37 Å². The topological polar surface area (TPSA) is 87.0 Å². The molecule has 3 rings (SSSR count). The van der Waals surface area contributed by atoms with Crippen molar-refractivity contribution in [2.24, 2.45) is 0 Å². The van der Waals surface area contributed by atoms with Gasteiger partial charge >= 0.3 is 0 Å². The molecule has 2 heterocycles. The average Bonchev–Trinajstić information content (AvgIpc) is 2.64. The smallest absolute Gasteiger partial charge is 0.274 e. The number of aromatic nitrogens is 1. The first-order valence-electron chi connectivity index (χ1n) is 7.47. The fraction of sp³-hybridized carbons (Fsp3) is 0.235. The Morgan fingerprint density at radius 2 is 2.29 bits per heavy atom. The molecule has 0 bridgehead atoms. The Balaban J connectivity index is 1.75. The molecular weight excluding hydrogens is 311 g/mol. The molecule has 0 unspecified atom stereocenters. The van der Waals surface area contributed by atoms with Crippen molar-refractivity contribution in [3.8, 4) is 6.07 Å². The molecule has 1 aliphatic heterocycles. The number of halogens is 1. The lowest BCUT2D eigenvalue weighted by Crippen LogP contribution is -2.33. The molecule has 0 saturated carbocycles. The number of morpholine rings is 1. The highest BCUT2D eigenvalue weighted by molar-refractivity contribution is 6.03. The largest absolute Gasteiger partial charge is 0.371 e. The lowest BCUT2D eigenvalue weighted by molar-refractivity contribution is 0.0275. The van der Waals surface area contributed by atoms with Crippen molar-refractivity contribution >= 4 is 11.6 Å². The Bertz CT molecular complexity index is 797. The quantitative estimate of drug-likeness (QED) is 0.901. The zero-order valence-electron chi connectivity index (χ0n) is 12.8. The van der Waals surface area contributed by atoms with Gasteiger partial charge < -0.3 is 15.4 Å².